The van der Waals surface area contributed by atoms with Crippen molar-refractivity contribution >= 4 is 17.8 Å². The molecule has 0 fully saturated rings. The molecule has 0 bridgehead atoms. The lowest BCUT2D eigenvalue weighted by Gasteiger charge is -2.15. The standard InChI is InChI=1S/C19H16N2O5/c1-12(22)26-16-7-5-13(6-8-16)10-17(19(24)25)21-18(23)15-4-2-3-14(9-15)11-20/h2-9,17H,10H2,1H3,(H,21,23)(H,24,25). The molecular formula is C19H16N2O5. The Morgan fingerprint density at radius 3 is 2.46 bits per heavy atom. The highest BCUT2D eigenvalue weighted by Gasteiger charge is 2.21. The molecule has 7 heteroatoms. The lowest BCUT2D eigenvalue weighted by atomic mass is 10.0. The van der Waals surface area contributed by atoms with Gasteiger partial charge in [-0.1, -0.05) is 18.2 Å². The summed E-state index contributed by atoms with van der Waals surface area (Å²) in [6.45, 7) is 1.28. The monoisotopic (exact) mass is 352 g/mol. The molecule has 7 nitrogen and oxygen atoms in total. The van der Waals surface area contributed by atoms with E-state index in [9.17, 15) is 19.5 Å². The van der Waals surface area contributed by atoms with Crippen molar-refractivity contribution in [1.29, 1.82) is 5.26 Å². The minimum Gasteiger partial charge on any atom is -0.480 e. The van der Waals surface area contributed by atoms with Gasteiger partial charge in [0, 0.05) is 18.9 Å². The Bertz CT molecular complexity index is 868. The number of benzene rings is 2. The number of esters is 1. The van der Waals surface area contributed by atoms with Gasteiger partial charge in [0.25, 0.3) is 5.91 Å². The first-order chi connectivity index (χ1) is 12.4. The summed E-state index contributed by atoms with van der Waals surface area (Å²) < 4.78 is 4.91. The number of hydrogen-bond donors (Lipinski definition) is 2. The van der Waals surface area contributed by atoms with Crippen LogP contribution in [0.3, 0.4) is 0 Å². The van der Waals surface area contributed by atoms with E-state index in [-0.39, 0.29) is 12.0 Å². The number of carbonyl (C=O) groups is 3. The summed E-state index contributed by atoms with van der Waals surface area (Å²) in [5, 5.41) is 20.7. The van der Waals surface area contributed by atoms with E-state index in [0.29, 0.717) is 16.9 Å². The van der Waals surface area contributed by atoms with Gasteiger partial charge in [0.15, 0.2) is 0 Å². The van der Waals surface area contributed by atoms with Crippen LogP contribution in [0.5, 0.6) is 5.75 Å². The summed E-state index contributed by atoms with van der Waals surface area (Å²) in [6.07, 6.45) is 0.0549. The van der Waals surface area contributed by atoms with Crippen LogP contribution in [-0.4, -0.2) is 29.0 Å². The molecule has 2 aromatic carbocycles. The molecule has 0 saturated carbocycles. The second kappa shape index (κ2) is 8.44. The van der Waals surface area contributed by atoms with Crippen molar-refractivity contribution in [3.05, 3.63) is 65.2 Å². The van der Waals surface area contributed by atoms with Crippen molar-refractivity contribution in [1.82, 2.24) is 5.32 Å². The summed E-state index contributed by atoms with van der Waals surface area (Å²) in [5.41, 5.74) is 1.17. The number of nitrogens with one attached hydrogen (secondary N) is 1. The average Bonchev–Trinajstić information content (AvgIpc) is 2.62. The maximum Gasteiger partial charge on any atom is 0.326 e. The fourth-order valence-electron chi connectivity index (χ4n) is 2.27. The van der Waals surface area contributed by atoms with Gasteiger partial charge in [0.2, 0.25) is 0 Å². The average molecular weight is 352 g/mol. The Hall–Kier alpha value is -3.66. The molecule has 0 aromatic heterocycles. The van der Waals surface area contributed by atoms with Gasteiger partial charge >= 0.3 is 11.9 Å². The highest BCUT2D eigenvalue weighted by molar-refractivity contribution is 5.96. The molecule has 1 unspecified atom stereocenters. The molecule has 0 radical (unpaired) electrons. The van der Waals surface area contributed by atoms with E-state index in [1.165, 1.54) is 19.1 Å². The van der Waals surface area contributed by atoms with Crippen molar-refractivity contribution in [2.24, 2.45) is 0 Å². The second-order valence-corrected chi connectivity index (χ2v) is 5.50. The fraction of sp³-hybridized carbons (Fsp3) is 0.158. The van der Waals surface area contributed by atoms with Crippen molar-refractivity contribution in [3.8, 4) is 11.8 Å². The third-order valence-electron chi connectivity index (χ3n) is 3.48. The zero-order chi connectivity index (χ0) is 19.1. The molecule has 2 N–H and O–H groups in total. The molecular weight excluding hydrogens is 336 g/mol. The first-order valence-electron chi connectivity index (χ1n) is 7.70. The van der Waals surface area contributed by atoms with Crippen molar-refractivity contribution in [2.45, 2.75) is 19.4 Å². The summed E-state index contributed by atoms with van der Waals surface area (Å²) >= 11 is 0. The van der Waals surface area contributed by atoms with Gasteiger partial charge in [-0.2, -0.15) is 5.26 Å². The third-order valence-corrected chi connectivity index (χ3v) is 3.48. The molecule has 0 aliphatic rings. The number of nitriles is 1. The maximum absolute atomic E-state index is 12.3. The van der Waals surface area contributed by atoms with Crippen molar-refractivity contribution in [2.75, 3.05) is 0 Å². The Labute approximate surface area is 149 Å². The van der Waals surface area contributed by atoms with Crippen LogP contribution in [0.2, 0.25) is 0 Å². The Balaban J connectivity index is 2.09. The van der Waals surface area contributed by atoms with E-state index in [1.807, 2.05) is 6.07 Å². The van der Waals surface area contributed by atoms with E-state index in [1.54, 1.807) is 36.4 Å². The minimum absolute atomic E-state index is 0.0549. The Morgan fingerprint density at radius 2 is 1.88 bits per heavy atom. The van der Waals surface area contributed by atoms with Crippen LogP contribution in [0.15, 0.2) is 48.5 Å². The number of carbonyl (C=O) groups excluding carboxylic acids is 2. The van der Waals surface area contributed by atoms with Crippen LogP contribution in [0.4, 0.5) is 0 Å². The number of carboxylic acid groups (broad SMARTS) is 1. The van der Waals surface area contributed by atoms with Crippen LogP contribution in [-0.2, 0) is 16.0 Å². The lowest BCUT2D eigenvalue weighted by molar-refractivity contribution is -0.139. The highest BCUT2D eigenvalue weighted by Crippen LogP contribution is 2.14. The molecule has 0 heterocycles. The SMILES string of the molecule is CC(=O)Oc1ccc(CC(NC(=O)c2cccc(C#N)c2)C(=O)O)cc1. The molecule has 0 aliphatic carbocycles. The molecule has 2 aromatic rings. The predicted octanol–water partition coefficient (Wildman–Crippen LogP) is 1.91. The van der Waals surface area contributed by atoms with Crippen molar-refractivity contribution < 1.29 is 24.2 Å². The number of amides is 1. The second-order valence-electron chi connectivity index (χ2n) is 5.50. The zero-order valence-electron chi connectivity index (χ0n) is 13.9. The van der Waals surface area contributed by atoms with E-state index in [2.05, 4.69) is 5.32 Å². The van der Waals surface area contributed by atoms with E-state index >= 15 is 0 Å². The number of hydrogen-bond acceptors (Lipinski definition) is 5. The number of ether oxygens (including phenoxy) is 1. The van der Waals surface area contributed by atoms with Gasteiger partial charge in [0.1, 0.15) is 11.8 Å². The number of rotatable bonds is 6. The molecule has 0 aliphatic heterocycles. The van der Waals surface area contributed by atoms with Crippen LogP contribution in [0.25, 0.3) is 0 Å². The van der Waals surface area contributed by atoms with Crippen LogP contribution in [0.1, 0.15) is 28.4 Å². The normalized spacial score (nSPS) is 11.1. The van der Waals surface area contributed by atoms with E-state index in [4.69, 9.17) is 10.00 Å². The van der Waals surface area contributed by atoms with Gasteiger partial charge in [-0.05, 0) is 35.9 Å². The smallest absolute Gasteiger partial charge is 0.326 e. The summed E-state index contributed by atoms with van der Waals surface area (Å²) in [6, 6.07) is 13.1. The molecule has 2 rings (SSSR count). The third kappa shape index (κ3) is 5.18. The fourth-order valence-corrected chi connectivity index (χ4v) is 2.27. The molecule has 132 valence electrons. The zero-order valence-corrected chi connectivity index (χ0v) is 13.9. The largest absolute Gasteiger partial charge is 0.480 e. The summed E-state index contributed by atoms with van der Waals surface area (Å²) in [7, 11) is 0. The summed E-state index contributed by atoms with van der Waals surface area (Å²) in [5.74, 6) is -1.86. The number of nitrogens with zero attached hydrogens (tertiary/aromatic N) is 1. The lowest BCUT2D eigenvalue weighted by Crippen LogP contribution is -2.42. The highest BCUT2D eigenvalue weighted by atomic mass is 16.5. The van der Waals surface area contributed by atoms with E-state index in [0.717, 1.165) is 0 Å². The minimum atomic E-state index is -1.18. The van der Waals surface area contributed by atoms with Gasteiger partial charge in [-0.15, -0.1) is 0 Å². The quantitative estimate of drug-likeness (QED) is 0.606. The maximum atomic E-state index is 12.3. The molecule has 1 atom stereocenters. The van der Waals surface area contributed by atoms with Crippen LogP contribution >= 0.6 is 0 Å². The van der Waals surface area contributed by atoms with Crippen molar-refractivity contribution in [3.63, 3.8) is 0 Å². The van der Waals surface area contributed by atoms with Crippen LogP contribution < -0.4 is 10.1 Å². The molecule has 1 amide bonds. The topological polar surface area (TPSA) is 116 Å². The Kier molecular flexibility index (Phi) is 6.06. The molecule has 0 spiro atoms. The Morgan fingerprint density at radius 1 is 1.19 bits per heavy atom. The number of carboxylic acids is 1. The van der Waals surface area contributed by atoms with Gasteiger partial charge in [-0.25, -0.2) is 4.79 Å². The van der Waals surface area contributed by atoms with Gasteiger partial charge in [0.05, 0.1) is 11.6 Å². The van der Waals surface area contributed by atoms with E-state index < -0.39 is 23.9 Å². The summed E-state index contributed by atoms with van der Waals surface area (Å²) in [4.78, 5) is 34.6. The molecule has 0 saturated heterocycles. The first-order valence-corrected chi connectivity index (χ1v) is 7.70. The first kappa shape index (κ1) is 18.7. The van der Waals surface area contributed by atoms with Gasteiger partial charge < -0.3 is 15.2 Å². The molecule has 26 heavy (non-hydrogen) atoms. The predicted molar refractivity (Wildman–Crippen MR) is 91.5 cm³/mol. The van der Waals surface area contributed by atoms with Gasteiger partial charge in [-0.3, -0.25) is 9.59 Å². The van der Waals surface area contributed by atoms with Crippen LogP contribution in [0, 0.1) is 11.3 Å². The number of aliphatic carboxylic acids is 1.